The van der Waals surface area contributed by atoms with Crippen molar-refractivity contribution in [2.45, 2.75) is 46.1 Å². The SMILES string of the molecule is Cc1cc(F)ccc1CCCC(O)C(C)C. The summed E-state index contributed by atoms with van der Waals surface area (Å²) in [6.07, 6.45) is 2.46. The van der Waals surface area contributed by atoms with Crippen LogP contribution < -0.4 is 0 Å². The maximum absolute atomic E-state index is 12.9. The molecule has 16 heavy (non-hydrogen) atoms. The molecule has 0 aliphatic heterocycles. The van der Waals surface area contributed by atoms with Gasteiger partial charge in [-0.1, -0.05) is 19.9 Å². The van der Waals surface area contributed by atoms with Gasteiger partial charge in [0.15, 0.2) is 0 Å². The zero-order chi connectivity index (χ0) is 12.1. The van der Waals surface area contributed by atoms with Gasteiger partial charge in [-0.2, -0.15) is 0 Å². The highest BCUT2D eigenvalue weighted by molar-refractivity contribution is 5.26. The van der Waals surface area contributed by atoms with Gasteiger partial charge in [-0.15, -0.1) is 0 Å². The largest absolute Gasteiger partial charge is 0.393 e. The van der Waals surface area contributed by atoms with Crippen LogP contribution in [0.4, 0.5) is 4.39 Å². The highest BCUT2D eigenvalue weighted by atomic mass is 19.1. The van der Waals surface area contributed by atoms with E-state index < -0.39 is 0 Å². The van der Waals surface area contributed by atoms with Crippen LogP contribution in [-0.4, -0.2) is 11.2 Å². The van der Waals surface area contributed by atoms with Crippen molar-refractivity contribution < 1.29 is 9.50 Å². The van der Waals surface area contributed by atoms with Gasteiger partial charge in [0.1, 0.15) is 5.82 Å². The predicted octanol–water partition coefficient (Wildman–Crippen LogP) is 3.47. The van der Waals surface area contributed by atoms with Crippen molar-refractivity contribution >= 4 is 0 Å². The number of hydrogen-bond acceptors (Lipinski definition) is 1. The molecule has 0 fully saturated rings. The Morgan fingerprint density at radius 1 is 1.31 bits per heavy atom. The summed E-state index contributed by atoms with van der Waals surface area (Å²) in [5.41, 5.74) is 2.18. The number of aryl methyl sites for hydroxylation is 2. The fraction of sp³-hybridized carbons (Fsp3) is 0.571. The first kappa shape index (κ1) is 13.2. The smallest absolute Gasteiger partial charge is 0.123 e. The second kappa shape index (κ2) is 6.00. The molecular weight excluding hydrogens is 203 g/mol. The van der Waals surface area contributed by atoms with Crippen molar-refractivity contribution in [3.63, 3.8) is 0 Å². The number of aliphatic hydroxyl groups excluding tert-OH is 1. The van der Waals surface area contributed by atoms with Crippen LogP contribution in [0.5, 0.6) is 0 Å². The Hall–Kier alpha value is -0.890. The molecule has 0 bridgehead atoms. The Balaban J connectivity index is 2.43. The van der Waals surface area contributed by atoms with E-state index in [1.165, 1.54) is 11.6 Å². The van der Waals surface area contributed by atoms with E-state index in [1.54, 1.807) is 6.07 Å². The zero-order valence-electron chi connectivity index (χ0n) is 10.3. The lowest BCUT2D eigenvalue weighted by atomic mass is 9.98. The minimum Gasteiger partial charge on any atom is -0.393 e. The number of rotatable bonds is 5. The first-order valence-electron chi connectivity index (χ1n) is 5.94. The van der Waals surface area contributed by atoms with Crippen LogP contribution in [0, 0.1) is 18.7 Å². The van der Waals surface area contributed by atoms with Crippen molar-refractivity contribution in [1.29, 1.82) is 0 Å². The second-order valence-corrected chi connectivity index (χ2v) is 4.77. The molecule has 1 atom stereocenters. The van der Waals surface area contributed by atoms with Gasteiger partial charge in [-0.3, -0.25) is 0 Å². The topological polar surface area (TPSA) is 20.2 Å². The summed E-state index contributed by atoms with van der Waals surface area (Å²) in [6.45, 7) is 5.97. The maximum Gasteiger partial charge on any atom is 0.123 e. The summed E-state index contributed by atoms with van der Waals surface area (Å²) in [4.78, 5) is 0. The number of benzene rings is 1. The molecule has 0 saturated carbocycles. The molecule has 0 heterocycles. The maximum atomic E-state index is 12.9. The molecular formula is C14H21FO. The molecule has 1 aromatic carbocycles. The van der Waals surface area contributed by atoms with E-state index in [4.69, 9.17) is 0 Å². The lowest BCUT2D eigenvalue weighted by Crippen LogP contribution is -2.14. The molecule has 90 valence electrons. The standard InChI is InChI=1S/C14H21FO/c1-10(2)14(16)6-4-5-12-7-8-13(15)9-11(12)3/h7-10,14,16H,4-6H2,1-3H3. The van der Waals surface area contributed by atoms with Crippen molar-refractivity contribution in [2.75, 3.05) is 0 Å². The summed E-state index contributed by atoms with van der Waals surface area (Å²) in [7, 11) is 0. The quantitative estimate of drug-likeness (QED) is 0.812. The molecule has 0 saturated heterocycles. The van der Waals surface area contributed by atoms with Crippen LogP contribution in [0.25, 0.3) is 0 Å². The van der Waals surface area contributed by atoms with E-state index in [2.05, 4.69) is 0 Å². The van der Waals surface area contributed by atoms with Gasteiger partial charge in [-0.25, -0.2) is 4.39 Å². The molecule has 0 radical (unpaired) electrons. The molecule has 1 N–H and O–H groups in total. The molecule has 0 spiro atoms. The van der Waals surface area contributed by atoms with Crippen LogP contribution in [0.15, 0.2) is 18.2 Å². The van der Waals surface area contributed by atoms with E-state index >= 15 is 0 Å². The first-order valence-corrected chi connectivity index (χ1v) is 5.94. The lowest BCUT2D eigenvalue weighted by molar-refractivity contribution is 0.114. The number of hydrogen-bond donors (Lipinski definition) is 1. The van der Waals surface area contributed by atoms with E-state index in [0.29, 0.717) is 5.92 Å². The molecule has 0 aliphatic rings. The zero-order valence-corrected chi connectivity index (χ0v) is 10.3. The van der Waals surface area contributed by atoms with Crippen molar-refractivity contribution in [3.8, 4) is 0 Å². The molecule has 1 unspecified atom stereocenters. The van der Waals surface area contributed by atoms with Gasteiger partial charge in [0.05, 0.1) is 6.10 Å². The van der Waals surface area contributed by atoms with Gasteiger partial charge < -0.3 is 5.11 Å². The fourth-order valence-electron chi connectivity index (χ4n) is 1.77. The summed E-state index contributed by atoms with van der Waals surface area (Å²) in [6, 6.07) is 4.90. The van der Waals surface area contributed by atoms with E-state index in [1.807, 2.05) is 26.8 Å². The monoisotopic (exact) mass is 224 g/mol. The predicted molar refractivity (Wildman–Crippen MR) is 64.9 cm³/mol. The van der Waals surface area contributed by atoms with Gasteiger partial charge >= 0.3 is 0 Å². The molecule has 0 aliphatic carbocycles. The van der Waals surface area contributed by atoms with Crippen LogP contribution >= 0.6 is 0 Å². The third-order valence-corrected chi connectivity index (χ3v) is 3.02. The molecule has 1 rings (SSSR count). The van der Waals surface area contributed by atoms with Crippen molar-refractivity contribution in [2.24, 2.45) is 5.92 Å². The Kier molecular flexibility index (Phi) is 4.94. The van der Waals surface area contributed by atoms with Crippen LogP contribution in [0.2, 0.25) is 0 Å². The molecule has 2 heteroatoms. The highest BCUT2D eigenvalue weighted by Crippen LogP contribution is 2.15. The number of aliphatic hydroxyl groups is 1. The van der Waals surface area contributed by atoms with Crippen molar-refractivity contribution in [1.82, 2.24) is 0 Å². The minimum absolute atomic E-state index is 0.177. The van der Waals surface area contributed by atoms with Gasteiger partial charge in [0.2, 0.25) is 0 Å². The van der Waals surface area contributed by atoms with Crippen LogP contribution in [0.3, 0.4) is 0 Å². The summed E-state index contributed by atoms with van der Waals surface area (Å²) >= 11 is 0. The van der Waals surface area contributed by atoms with Gasteiger partial charge in [0, 0.05) is 0 Å². The molecule has 1 nitrogen and oxygen atoms in total. The normalized spacial score (nSPS) is 13.1. The Morgan fingerprint density at radius 2 is 2.00 bits per heavy atom. The summed E-state index contributed by atoms with van der Waals surface area (Å²) < 4.78 is 12.9. The Labute approximate surface area is 97.3 Å². The van der Waals surface area contributed by atoms with Gasteiger partial charge in [0.25, 0.3) is 0 Å². The average molecular weight is 224 g/mol. The summed E-state index contributed by atoms with van der Waals surface area (Å²) in [5, 5.41) is 9.66. The second-order valence-electron chi connectivity index (χ2n) is 4.77. The van der Waals surface area contributed by atoms with Crippen molar-refractivity contribution in [3.05, 3.63) is 35.1 Å². The molecule has 1 aromatic rings. The highest BCUT2D eigenvalue weighted by Gasteiger charge is 2.09. The summed E-state index contributed by atoms with van der Waals surface area (Å²) in [5.74, 6) is 0.137. The van der Waals surface area contributed by atoms with E-state index in [9.17, 15) is 9.50 Å². The van der Waals surface area contributed by atoms with E-state index in [0.717, 1.165) is 24.8 Å². The average Bonchev–Trinajstić information content (AvgIpc) is 2.20. The van der Waals surface area contributed by atoms with Crippen LogP contribution in [-0.2, 0) is 6.42 Å². The first-order chi connectivity index (χ1) is 7.50. The minimum atomic E-state index is -0.222. The molecule has 0 amide bonds. The van der Waals surface area contributed by atoms with Crippen LogP contribution in [0.1, 0.15) is 37.8 Å². The lowest BCUT2D eigenvalue weighted by Gasteiger charge is -2.14. The van der Waals surface area contributed by atoms with E-state index in [-0.39, 0.29) is 11.9 Å². The fourth-order valence-corrected chi connectivity index (χ4v) is 1.77. The Bertz CT molecular complexity index is 334. The Morgan fingerprint density at radius 3 is 2.56 bits per heavy atom. The third kappa shape index (κ3) is 3.93. The molecule has 0 aromatic heterocycles. The third-order valence-electron chi connectivity index (χ3n) is 3.02. The number of halogens is 1. The van der Waals surface area contributed by atoms with Gasteiger partial charge in [-0.05, 0) is 55.4 Å².